The maximum absolute atomic E-state index is 9.19. The molecule has 1 heterocycles. The Labute approximate surface area is 104 Å². The van der Waals surface area contributed by atoms with E-state index in [2.05, 4.69) is 4.90 Å². The van der Waals surface area contributed by atoms with Gasteiger partial charge in [-0.15, -0.1) is 0 Å². The fourth-order valence-corrected chi connectivity index (χ4v) is 2.93. The molecule has 100 valence electrons. The first-order valence-electron chi connectivity index (χ1n) is 6.92. The Balaban J connectivity index is 1.93. The lowest BCUT2D eigenvalue weighted by Crippen LogP contribution is -2.51. The fourth-order valence-electron chi connectivity index (χ4n) is 2.93. The maximum Gasteiger partial charge on any atom is 0.0558 e. The standard InChI is InChI=1S/C13H26N2O2/c14-10-13(4-8-17-9-5-13)11-15(6-7-16)12-2-1-3-12/h12,16H,1-11,14H2. The molecule has 0 spiro atoms. The molecule has 0 radical (unpaired) electrons. The minimum atomic E-state index is 0.225. The Morgan fingerprint density at radius 1 is 1.29 bits per heavy atom. The summed E-state index contributed by atoms with van der Waals surface area (Å²) in [4.78, 5) is 2.46. The number of aliphatic hydroxyl groups is 1. The van der Waals surface area contributed by atoms with E-state index >= 15 is 0 Å². The van der Waals surface area contributed by atoms with Crippen LogP contribution >= 0.6 is 0 Å². The van der Waals surface area contributed by atoms with Gasteiger partial charge in [-0.1, -0.05) is 6.42 Å². The summed E-state index contributed by atoms with van der Waals surface area (Å²) in [5.74, 6) is 0. The van der Waals surface area contributed by atoms with Gasteiger partial charge in [-0.05, 0) is 37.6 Å². The highest BCUT2D eigenvalue weighted by molar-refractivity contribution is 4.90. The van der Waals surface area contributed by atoms with Crippen molar-refractivity contribution >= 4 is 0 Å². The van der Waals surface area contributed by atoms with Crippen LogP contribution in [0.4, 0.5) is 0 Å². The van der Waals surface area contributed by atoms with Crippen LogP contribution in [0.2, 0.25) is 0 Å². The van der Waals surface area contributed by atoms with E-state index in [1.165, 1.54) is 19.3 Å². The minimum absolute atomic E-state index is 0.225. The Kier molecular flexibility index (Phi) is 4.79. The maximum atomic E-state index is 9.19. The Bertz CT molecular complexity index is 225. The summed E-state index contributed by atoms with van der Waals surface area (Å²) in [6.45, 7) is 4.52. The van der Waals surface area contributed by atoms with E-state index in [9.17, 15) is 5.11 Å². The van der Waals surface area contributed by atoms with Crippen LogP contribution in [-0.2, 0) is 4.74 Å². The monoisotopic (exact) mass is 242 g/mol. The molecule has 3 N–H and O–H groups in total. The van der Waals surface area contributed by atoms with Crippen LogP contribution < -0.4 is 5.73 Å². The molecule has 1 aliphatic heterocycles. The Morgan fingerprint density at radius 3 is 2.47 bits per heavy atom. The molecule has 0 unspecified atom stereocenters. The number of hydrogen-bond donors (Lipinski definition) is 2. The summed E-state index contributed by atoms with van der Waals surface area (Å²) >= 11 is 0. The summed E-state index contributed by atoms with van der Waals surface area (Å²) in [5.41, 5.74) is 6.22. The predicted molar refractivity (Wildman–Crippen MR) is 67.8 cm³/mol. The van der Waals surface area contributed by atoms with Gasteiger partial charge in [0.25, 0.3) is 0 Å². The third-order valence-electron chi connectivity index (χ3n) is 4.50. The van der Waals surface area contributed by atoms with Gasteiger partial charge in [0.05, 0.1) is 6.61 Å². The third-order valence-corrected chi connectivity index (χ3v) is 4.50. The molecule has 0 aromatic carbocycles. The summed E-state index contributed by atoms with van der Waals surface area (Å²) in [6, 6.07) is 0.688. The molecular weight excluding hydrogens is 216 g/mol. The minimum Gasteiger partial charge on any atom is -0.395 e. The Morgan fingerprint density at radius 2 is 2.00 bits per heavy atom. The number of nitrogens with two attached hydrogens (primary N) is 1. The van der Waals surface area contributed by atoms with Crippen molar-refractivity contribution in [3.05, 3.63) is 0 Å². The van der Waals surface area contributed by atoms with Gasteiger partial charge in [0, 0.05) is 32.3 Å². The molecule has 4 heteroatoms. The van der Waals surface area contributed by atoms with Gasteiger partial charge >= 0.3 is 0 Å². The average molecular weight is 242 g/mol. The molecule has 2 rings (SSSR count). The first-order valence-corrected chi connectivity index (χ1v) is 6.92. The van der Waals surface area contributed by atoms with E-state index < -0.39 is 0 Å². The number of ether oxygens (including phenoxy) is 1. The van der Waals surface area contributed by atoms with Crippen LogP contribution in [-0.4, -0.2) is 55.5 Å². The molecular formula is C13H26N2O2. The highest BCUT2D eigenvalue weighted by Gasteiger charge is 2.36. The number of nitrogens with zero attached hydrogens (tertiary/aromatic N) is 1. The summed E-state index contributed by atoms with van der Waals surface area (Å²) in [5, 5.41) is 9.19. The fraction of sp³-hybridized carbons (Fsp3) is 1.00. The molecule has 2 aliphatic rings. The first-order chi connectivity index (χ1) is 8.29. The summed E-state index contributed by atoms with van der Waals surface area (Å²) < 4.78 is 5.45. The lowest BCUT2D eigenvalue weighted by molar-refractivity contribution is -0.0193. The highest BCUT2D eigenvalue weighted by Crippen LogP contribution is 2.33. The van der Waals surface area contributed by atoms with Gasteiger partial charge in [0.2, 0.25) is 0 Å². The lowest BCUT2D eigenvalue weighted by Gasteiger charge is -2.45. The molecule has 17 heavy (non-hydrogen) atoms. The van der Waals surface area contributed by atoms with E-state index in [4.69, 9.17) is 10.5 Å². The summed E-state index contributed by atoms with van der Waals surface area (Å²) in [7, 11) is 0. The van der Waals surface area contributed by atoms with Crippen molar-refractivity contribution in [1.29, 1.82) is 0 Å². The van der Waals surface area contributed by atoms with Crippen molar-refractivity contribution in [1.82, 2.24) is 4.90 Å². The van der Waals surface area contributed by atoms with Crippen LogP contribution in [0.15, 0.2) is 0 Å². The van der Waals surface area contributed by atoms with Crippen LogP contribution in [0.3, 0.4) is 0 Å². The third kappa shape index (κ3) is 3.19. The molecule has 1 aliphatic carbocycles. The molecule has 1 saturated carbocycles. The molecule has 0 amide bonds. The molecule has 2 fully saturated rings. The molecule has 0 aromatic heterocycles. The van der Waals surface area contributed by atoms with E-state index in [1.54, 1.807) is 0 Å². The van der Waals surface area contributed by atoms with Crippen molar-refractivity contribution in [2.45, 2.75) is 38.1 Å². The molecule has 0 atom stereocenters. The van der Waals surface area contributed by atoms with Gasteiger partial charge in [-0.3, -0.25) is 4.90 Å². The smallest absolute Gasteiger partial charge is 0.0558 e. The van der Waals surface area contributed by atoms with E-state index in [1.807, 2.05) is 0 Å². The SMILES string of the molecule is NCC1(CN(CCO)C2CCC2)CCOCC1. The van der Waals surface area contributed by atoms with E-state index in [0.717, 1.165) is 45.7 Å². The zero-order valence-electron chi connectivity index (χ0n) is 10.7. The van der Waals surface area contributed by atoms with Gasteiger partial charge in [0.1, 0.15) is 0 Å². The van der Waals surface area contributed by atoms with Gasteiger partial charge in [0.15, 0.2) is 0 Å². The quantitative estimate of drug-likeness (QED) is 0.716. The largest absolute Gasteiger partial charge is 0.395 e. The van der Waals surface area contributed by atoms with Gasteiger partial charge in [-0.2, -0.15) is 0 Å². The van der Waals surface area contributed by atoms with Gasteiger partial charge in [-0.25, -0.2) is 0 Å². The zero-order valence-corrected chi connectivity index (χ0v) is 10.7. The number of aliphatic hydroxyl groups excluding tert-OH is 1. The second-order valence-electron chi connectivity index (χ2n) is 5.60. The molecule has 1 saturated heterocycles. The molecule has 0 bridgehead atoms. The van der Waals surface area contributed by atoms with Crippen LogP contribution in [0.25, 0.3) is 0 Å². The summed E-state index contributed by atoms with van der Waals surface area (Å²) in [6.07, 6.45) is 6.05. The van der Waals surface area contributed by atoms with Crippen LogP contribution in [0.1, 0.15) is 32.1 Å². The highest BCUT2D eigenvalue weighted by atomic mass is 16.5. The van der Waals surface area contributed by atoms with Crippen molar-refractivity contribution in [2.75, 3.05) is 39.5 Å². The van der Waals surface area contributed by atoms with Gasteiger partial charge < -0.3 is 15.6 Å². The Hall–Kier alpha value is -0.160. The van der Waals surface area contributed by atoms with E-state index in [-0.39, 0.29) is 12.0 Å². The second kappa shape index (κ2) is 6.14. The van der Waals surface area contributed by atoms with Crippen molar-refractivity contribution < 1.29 is 9.84 Å². The van der Waals surface area contributed by atoms with Crippen LogP contribution in [0, 0.1) is 5.41 Å². The normalized spacial score (nSPS) is 24.9. The van der Waals surface area contributed by atoms with E-state index in [0.29, 0.717) is 6.04 Å². The lowest BCUT2D eigenvalue weighted by atomic mass is 9.78. The first kappa shape index (κ1) is 13.3. The average Bonchev–Trinajstić information content (AvgIpc) is 2.28. The van der Waals surface area contributed by atoms with Crippen molar-refractivity contribution in [3.63, 3.8) is 0 Å². The van der Waals surface area contributed by atoms with Crippen molar-refractivity contribution in [2.24, 2.45) is 11.1 Å². The topological polar surface area (TPSA) is 58.7 Å². The zero-order chi connectivity index (χ0) is 12.1. The van der Waals surface area contributed by atoms with Crippen molar-refractivity contribution in [3.8, 4) is 0 Å². The molecule has 0 aromatic rings. The molecule has 4 nitrogen and oxygen atoms in total. The number of hydrogen-bond acceptors (Lipinski definition) is 4. The second-order valence-corrected chi connectivity index (χ2v) is 5.60. The predicted octanol–water partition coefficient (Wildman–Crippen LogP) is 0.589. The number of rotatable bonds is 6. The van der Waals surface area contributed by atoms with Crippen LogP contribution in [0.5, 0.6) is 0 Å².